The van der Waals surface area contributed by atoms with E-state index in [1.54, 1.807) is 12.3 Å². The summed E-state index contributed by atoms with van der Waals surface area (Å²) in [4.78, 5) is 4.09. The lowest BCUT2D eigenvalue weighted by molar-refractivity contribution is 0.145. The molecule has 1 aromatic heterocycles. The van der Waals surface area contributed by atoms with Gasteiger partial charge >= 0.3 is 0 Å². The van der Waals surface area contributed by atoms with Gasteiger partial charge in [0.1, 0.15) is 18.5 Å². The van der Waals surface area contributed by atoms with Gasteiger partial charge in [-0.3, -0.25) is 4.98 Å². The largest absolute Gasteiger partial charge is 0.491 e. The summed E-state index contributed by atoms with van der Waals surface area (Å²) in [6.07, 6.45) is 10.7. The molecule has 1 heterocycles. The van der Waals surface area contributed by atoms with Crippen LogP contribution in [0.4, 0.5) is 0 Å². The molecular formula is C23H21NO2. The molecule has 0 bridgehead atoms. The van der Waals surface area contributed by atoms with E-state index >= 15 is 0 Å². The zero-order valence-corrected chi connectivity index (χ0v) is 14.4. The van der Waals surface area contributed by atoms with Gasteiger partial charge in [0.05, 0.1) is 0 Å². The Kier molecular flexibility index (Phi) is 6.35. The van der Waals surface area contributed by atoms with Crippen molar-refractivity contribution in [1.29, 1.82) is 0 Å². The Hall–Kier alpha value is -3.17. The van der Waals surface area contributed by atoms with Gasteiger partial charge in [0.15, 0.2) is 0 Å². The summed E-state index contributed by atoms with van der Waals surface area (Å²) in [5.74, 6) is 0.754. The maximum atomic E-state index is 10.0. The predicted octanol–water partition coefficient (Wildman–Crippen LogP) is 4.71. The van der Waals surface area contributed by atoms with Gasteiger partial charge in [-0.05, 0) is 34.9 Å². The number of hydrogen-bond donors (Lipinski definition) is 1. The van der Waals surface area contributed by atoms with Gasteiger partial charge in [-0.25, -0.2) is 0 Å². The lowest BCUT2D eigenvalue weighted by Crippen LogP contribution is -2.14. The van der Waals surface area contributed by atoms with Gasteiger partial charge in [0.2, 0.25) is 0 Å². The number of ether oxygens (including phenoxy) is 1. The minimum Gasteiger partial charge on any atom is -0.491 e. The van der Waals surface area contributed by atoms with Crippen molar-refractivity contribution in [1.82, 2.24) is 4.98 Å². The minimum absolute atomic E-state index is 0.229. The highest BCUT2D eigenvalue weighted by Gasteiger charge is 2.00. The monoisotopic (exact) mass is 343 g/mol. The van der Waals surface area contributed by atoms with E-state index in [9.17, 15) is 5.11 Å². The molecule has 0 saturated carbocycles. The van der Waals surface area contributed by atoms with Gasteiger partial charge < -0.3 is 9.84 Å². The molecule has 3 heteroatoms. The molecule has 1 unspecified atom stereocenters. The SMILES string of the molecule is OC(C=Cc1ccc(C=Cc2cccnc2)cc1)COc1ccccc1. The third-order valence-corrected chi connectivity index (χ3v) is 3.76. The first kappa shape index (κ1) is 17.6. The summed E-state index contributed by atoms with van der Waals surface area (Å²) in [6, 6.07) is 21.5. The second kappa shape index (κ2) is 9.35. The van der Waals surface area contributed by atoms with Crippen molar-refractivity contribution < 1.29 is 9.84 Å². The molecule has 0 aliphatic carbocycles. The number of nitrogens with zero attached hydrogens (tertiary/aromatic N) is 1. The maximum absolute atomic E-state index is 10.0. The Morgan fingerprint density at radius 1 is 0.808 bits per heavy atom. The Bertz CT molecular complexity index is 840. The molecule has 2 aromatic carbocycles. The Morgan fingerprint density at radius 3 is 2.19 bits per heavy atom. The lowest BCUT2D eigenvalue weighted by atomic mass is 10.1. The van der Waals surface area contributed by atoms with Crippen LogP contribution in [0.1, 0.15) is 16.7 Å². The second-order valence-electron chi connectivity index (χ2n) is 5.84. The number of aliphatic hydroxyl groups excluding tert-OH is 1. The highest BCUT2D eigenvalue weighted by atomic mass is 16.5. The van der Waals surface area contributed by atoms with Crippen LogP contribution in [0.2, 0.25) is 0 Å². The van der Waals surface area contributed by atoms with Crippen LogP contribution < -0.4 is 4.74 Å². The van der Waals surface area contributed by atoms with Crippen molar-refractivity contribution in [2.75, 3.05) is 6.61 Å². The molecule has 0 amide bonds. The zero-order valence-electron chi connectivity index (χ0n) is 14.4. The molecule has 130 valence electrons. The predicted molar refractivity (Wildman–Crippen MR) is 107 cm³/mol. The molecule has 0 fully saturated rings. The fourth-order valence-electron chi connectivity index (χ4n) is 2.36. The number of para-hydroxylation sites is 1. The number of rotatable bonds is 7. The van der Waals surface area contributed by atoms with Crippen LogP contribution in [0.5, 0.6) is 5.75 Å². The summed E-state index contributed by atoms with van der Waals surface area (Å²) in [7, 11) is 0. The molecule has 1 atom stereocenters. The fourth-order valence-corrected chi connectivity index (χ4v) is 2.36. The first-order valence-electron chi connectivity index (χ1n) is 8.52. The number of pyridine rings is 1. The van der Waals surface area contributed by atoms with Gasteiger partial charge in [-0.2, -0.15) is 0 Å². The summed E-state index contributed by atoms with van der Waals surface area (Å²) < 4.78 is 5.53. The fraction of sp³-hybridized carbons (Fsp3) is 0.0870. The van der Waals surface area contributed by atoms with Crippen LogP contribution in [0.3, 0.4) is 0 Å². The highest BCUT2D eigenvalue weighted by Crippen LogP contribution is 2.12. The van der Waals surface area contributed by atoms with E-state index in [1.807, 2.05) is 91.2 Å². The number of aliphatic hydroxyl groups is 1. The molecule has 3 aromatic rings. The van der Waals surface area contributed by atoms with E-state index in [4.69, 9.17) is 4.74 Å². The van der Waals surface area contributed by atoms with Crippen molar-refractivity contribution in [2.24, 2.45) is 0 Å². The van der Waals surface area contributed by atoms with E-state index in [0.29, 0.717) is 0 Å². The number of hydrogen-bond acceptors (Lipinski definition) is 3. The molecule has 26 heavy (non-hydrogen) atoms. The molecule has 3 rings (SSSR count). The molecule has 0 spiro atoms. The average molecular weight is 343 g/mol. The molecule has 1 N–H and O–H groups in total. The Morgan fingerprint density at radius 2 is 1.50 bits per heavy atom. The zero-order chi connectivity index (χ0) is 18.0. The average Bonchev–Trinajstić information content (AvgIpc) is 2.71. The van der Waals surface area contributed by atoms with E-state index in [0.717, 1.165) is 22.4 Å². The summed E-state index contributed by atoms with van der Waals surface area (Å²) in [6.45, 7) is 0.229. The highest BCUT2D eigenvalue weighted by molar-refractivity contribution is 5.69. The Labute approximate surface area is 153 Å². The van der Waals surface area contributed by atoms with Gasteiger partial charge in [-0.15, -0.1) is 0 Å². The van der Waals surface area contributed by atoms with Gasteiger partial charge in [0, 0.05) is 12.4 Å². The van der Waals surface area contributed by atoms with Crippen LogP contribution in [0.15, 0.2) is 85.2 Å². The first-order valence-corrected chi connectivity index (χ1v) is 8.52. The van der Waals surface area contributed by atoms with Crippen LogP contribution in [-0.2, 0) is 0 Å². The maximum Gasteiger partial charge on any atom is 0.119 e. The third-order valence-electron chi connectivity index (χ3n) is 3.76. The van der Waals surface area contributed by atoms with Crippen molar-refractivity contribution in [3.8, 4) is 5.75 Å². The van der Waals surface area contributed by atoms with Gasteiger partial charge in [0.25, 0.3) is 0 Å². The second-order valence-corrected chi connectivity index (χ2v) is 5.84. The molecule has 0 radical (unpaired) electrons. The lowest BCUT2D eigenvalue weighted by Gasteiger charge is -2.08. The minimum atomic E-state index is -0.652. The molecule has 0 aliphatic rings. The van der Waals surface area contributed by atoms with Crippen LogP contribution >= 0.6 is 0 Å². The normalized spacial score (nSPS) is 12.5. The van der Waals surface area contributed by atoms with E-state index < -0.39 is 6.10 Å². The third kappa shape index (κ3) is 5.72. The van der Waals surface area contributed by atoms with Crippen molar-refractivity contribution in [3.05, 3.63) is 102 Å². The standard InChI is InChI=1S/C23H21NO2/c25-22(18-26-23-6-2-1-3-7-23)15-14-20-10-8-19(9-11-20)12-13-21-5-4-16-24-17-21/h1-17,22,25H,18H2. The number of benzene rings is 2. The molecule has 3 nitrogen and oxygen atoms in total. The van der Waals surface area contributed by atoms with E-state index in [2.05, 4.69) is 4.98 Å². The smallest absolute Gasteiger partial charge is 0.119 e. The van der Waals surface area contributed by atoms with Crippen LogP contribution in [-0.4, -0.2) is 22.8 Å². The van der Waals surface area contributed by atoms with E-state index in [-0.39, 0.29) is 6.61 Å². The van der Waals surface area contributed by atoms with Crippen LogP contribution in [0, 0.1) is 0 Å². The topological polar surface area (TPSA) is 42.4 Å². The van der Waals surface area contributed by atoms with Crippen LogP contribution in [0.25, 0.3) is 18.2 Å². The van der Waals surface area contributed by atoms with E-state index in [1.165, 1.54) is 0 Å². The molecular weight excluding hydrogens is 322 g/mol. The molecule has 0 aliphatic heterocycles. The van der Waals surface area contributed by atoms with Gasteiger partial charge in [-0.1, -0.05) is 72.8 Å². The Balaban J connectivity index is 1.51. The number of aromatic nitrogens is 1. The summed E-state index contributed by atoms with van der Waals surface area (Å²) >= 11 is 0. The quantitative estimate of drug-likeness (QED) is 0.676. The van der Waals surface area contributed by atoms with Crippen molar-refractivity contribution >= 4 is 18.2 Å². The summed E-state index contributed by atoms with van der Waals surface area (Å²) in [5, 5.41) is 10.0. The van der Waals surface area contributed by atoms with Crippen molar-refractivity contribution in [3.63, 3.8) is 0 Å². The molecule has 0 saturated heterocycles. The summed E-state index contributed by atoms with van der Waals surface area (Å²) in [5.41, 5.74) is 3.21. The first-order chi connectivity index (χ1) is 12.8. The van der Waals surface area contributed by atoms with Crippen molar-refractivity contribution in [2.45, 2.75) is 6.10 Å².